The van der Waals surface area contributed by atoms with E-state index < -0.39 is 0 Å². The van der Waals surface area contributed by atoms with Crippen molar-refractivity contribution >= 4 is 17.3 Å². The summed E-state index contributed by atoms with van der Waals surface area (Å²) in [5.41, 5.74) is 3.75. The number of nitrogens with one attached hydrogen (secondary N) is 2. The van der Waals surface area contributed by atoms with Crippen LogP contribution >= 0.6 is 0 Å². The van der Waals surface area contributed by atoms with Gasteiger partial charge in [0.1, 0.15) is 0 Å². The molecule has 0 atom stereocenters. The number of pyridine rings is 1. The number of rotatable bonds is 5. The summed E-state index contributed by atoms with van der Waals surface area (Å²) in [5.74, 6) is 0.491. The minimum absolute atomic E-state index is 0.0248. The number of nitrogens with zero attached hydrogens (tertiary/aromatic N) is 1. The molecule has 4 heteroatoms. The van der Waals surface area contributed by atoms with Gasteiger partial charge in [0.05, 0.1) is 17.4 Å². The van der Waals surface area contributed by atoms with Gasteiger partial charge in [-0.05, 0) is 42.5 Å². The molecule has 1 aliphatic carbocycles. The van der Waals surface area contributed by atoms with E-state index in [1.165, 1.54) is 31.2 Å². The number of aromatic nitrogens is 1. The maximum absolute atomic E-state index is 12.6. The Morgan fingerprint density at radius 1 is 1.00 bits per heavy atom. The number of hydrogen-bond donors (Lipinski definition) is 2. The lowest BCUT2D eigenvalue weighted by molar-refractivity contribution is 0.0933. The average molecular weight is 351 g/mol. The lowest BCUT2D eigenvalue weighted by atomic mass is 10.0. The Morgan fingerprint density at radius 2 is 1.69 bits per heavy atom. The van der Waals surface area contributed by atoms with E-state index in [0.717, 1.165) is 24.2 Å². The van der Waals surface area contributed by atoms with Gasteiger partial charge < -0.3 is 10.6 Å². The van der Waals surface area contributed by atoms with Gasteiger partial charge in [-0.2, -0.15) is 0 Å². The predicted molar refractivity (Wildman–Crippen MR) is 107 cm³/mol. The molecule has 1 saturated carbocycles. The molecule has 3 rings (SSSR count). The smallest absolute Gasteiger partial charge is 0.253 e. The van der Waals surface area contributed by atoms with Gasteiger partial charge in [0.2, 0.25) is 0 Å². The Balaban J connectivity index is 1.64. The molecular formula is C22H29N3O. The van der Waals surface area contributed by atoms with Gasteiger partial charge in [-0.25, -0.2) is 0 Å². The number of amides is 1. The van der Waals surface area contributed by atoms with Crippen LogP contribution < -0.4 is 10.6 Å². The summed E-state index contributed by atoms with van der Waals surface area (Å²) in [4.78, 5) is 16.8. The molecule has 1 aliphatic rings. The first-order valence-electron chi connectivity index (χ1n) is 9.75. The first-order valence-corrected chi connectivity index (χ1v) is 9.75. The highest BCUT2D eigenvalue weighted by Gasteiger charge is 2.16. The van der Waals surface area contributed by atoms with Gasteiger partial charge in [-0.15, -0.1) is 0 Å². The fraction of sp³-hybridized carbons (Fsp3) is 0.455. The molecule has 0 radical (unpaired) electrons. The first kappa shape index (κ1) is 18.4. The number of carbonyl (C=O) groups is 1. The molecule has 1 aromatic carbocycles. The Hall–Kier alpha value is -2.36. The summed E-state index contributed by atoms with van der Waals surface area (Å²) < 4.78 is 0. The van der Waals surface area contributed by atoms with Crippen molar-refractivity contribution in [1.82, 2.24) is 10.3 Å². The van der Waals surface area contributed by atoms with Crippen LogP contribution in [0.2, 0.25) is 0 Å². The van der Waals surface area contributed by atoms with Gasteiger partial charge in [0.25, 0.3) is 5.91 Å². The minimum atomic E-state index is -0.0248. The summed E-state index contributed by atoms with van der Waals surface area (Å²) in [6.07, 6.45) is 10.5. The summed E-state index contributed by atoms with van der Waals surface area (Å²) >= 11 is 0. The van der Waals surface area contributed by atoms with E-state index in [1.54, 1.807) is 12.4 Å². The zero-order chi connectivity index (χ0) is 18.4. The third-order valence-corrected chi connectivity index (χ3v) is 5.06. The van der Waals surface area contributed by atoms with Crippen molar-refractivity contribution in [3.05, 3.63) is 53.9 Å². The fourth-order valence-corrected chi connectivity index (χ4v) is 3.44. The molecule has 0 aliphatic heterocycles. The highest BCUT2D eigenvalue weighted by Crippen LogP contribution is 2.21. The molecule has 1 heterocycles. The van der Waals surface area contributed by atoms with E-state index in [9.17, 15) is 4.79 Å². The molecule has 1 amide bonds. The van der Waals surface area contributed by atoms with E-state index in [4.69, 9.17) is 0 Å². The molecule has 0 unspecified atom stereocenters. The van der Waals surface area contributed by atoms with Crippen LogP contribution in [0, 0.1) is 0 Å². The van der Waals surface area contributed by atoms with E-state index >= 15 is 0 Å². The van der Waals surface area contributed by atoms with Crippen LogP contribution in [0.5, 0.6) is 0 Å². The van der Waals surface area contributed by atoms with Crippen molar-refractivity contribution in [2.45, 2.75) is 64.3 Å². The molecule has 1 fully saturated rings. The van der Waals surface area contributed by atoms with Crippen LogP contribution in [0.15, 0.2) is 42.7 Å². The molecule has 0 bridgehead atoms. The summed E-state index contributed by atoms with van der Waals surface area (Å²) in [6, 6.07) is 10.5. The van der Waals surface area contributed by atoms with Gasteiger partial charge in [0, 0.05) is 17.9 Å². The van der Waals surface area contributed by atoms with Crippen LogP contribution in [-0.2, 0) is 0 Å². The highest BCUT2D eigenvalue weighted by molar-refractivity contribution is 5.95. The van der Waals surface area contributed by atoms with Gasteiger partial charge in [-0.3, -0.25) is 9.78 Å². The number of anilines is 2. The third-order valence-electron chi connectivity index (χ3n) is 5.06. The summed E-state index contributed by atoms with van der Waals surface area (Å²) in [6.45, 7) is 4.37. The van der Waals surface area contributed by atoms with E-state index in [0.29, 0.717) is 17.5 Å². The van der Waals surface area contributed by atoms with Crippen molar-refractivity contribution in [2.75, 3.05) is 5.32 Å². The Labute approximate surface area is 156 Å². The Bertz CT molecular complexity index is 716. The molecule has 0 spiro atoms. The second-order valence-electron chi connectivity index (χ2n) is 7.53. The van der Waals surface area contributed by atoms with Gasteiger partial charge in [0.15, 0.2) is 0 Å². The van der Waals surface area contributed by atoms with Crippen LogP contribution in [0.3, 0.4) is 0 Å². The lowest BCUT2D eigenvalue weighted by Crippen LogP contribution is -2.34. The standard InChI is InChI=1S/C22H29N3O/c1-16(2)17-9-11-20(12-10-17)24-21-13-18(14-23-15-21)22(26)25-19-7-5-3-4-6-8-19/h9-16,19,24H,3-8H2,1-2H3,(H,25,26). The minimum Gasteiger partial charge on any atom is -0.354 e. The van der Waals surface area contributed by atoms with E-state index in [1.807, 2.05) is 6.07 Å². The van der Waals surface area contributed by atoms with Crippen LogP contribution in [0.25, 0.3) is 0 Å². The number of carbonyl (C=O) groups excluding carboxylic acids is 1. The normalized spacial score (nSPS) is 15.5. The van der Waals surface area contributed by atoms with Gasteiger partial charge >= 0.3 is 0 Å². The van der Waals surface area contributed by atoms with Crippen molar-refractivity contribution in [3.8, 4) is 0 Å². The predicted octanol–water partition coefficient (Wildman–Crippen LogP) is 5.40. The topological polar surface area (TPSA) is 54.0 Å². The Kier molecular flexibility index (Phi) is 6.26. The van der Waals surface area contributed by atoms with E-state index in [2.05, 4.69) is 53.7 Å². The Morgan fingerprint density at radius 3 is 2.35 bits per heavy atom. The second kappa shape index (κ2) is 8.84. The molecule has 4 nitrogen and oxygen atoms in total. The van der Waals surface area contributed by atoms with Crippen LogP contribution in [-0.4, -0.2) is 16.9 Å². The number of benzene rings is 1. The quantitative estimate of drug-likeness (QED) is 0.709. The van der Waals surface area contributed by atoms with Crippen LogP contribution in [0.4, 0.5) is 11.4 Å². The maximum Gasteiger partial charge on any atom is 0.253 e. The lowest BCUT2D eigenvalue weighted by Gasteiger charge is -2.16. The zero-order valence-corrected chi connectivity index (χ0v) is 15.8. The molecule has 1 aromatic heterocycles. The molecule has 26 heavy (non-hydrogen) atoms. The fourth-order valence-electron chi connectivity index (χ4n) is 3.44. The van der Waals surface area contributed by atoms with Crippen molar-refractivity contribution in [3.63, 3.8) is 0 Å². The first-order chi connectivity index (χ1) is 12.6. The summed E-state index contributed by atoms with van der Waals surface area (Å²) in [5, 5.41) is 6.52. The second-order valence-corrected chi connectivity index (χ2v) is 7.53. The van der Waals surface area contributed by atoms with Crippen molar-refractivity contribution in [1.29, 1.82) is 0 Å². The number of hydrogen-bond acceptors (Lipinski definition) is 3. The molecule has 138 valence electrons. The van der Waals surface area contributed by atoms with Crippen LogP contribution in [0.1, 0.15) is 74.2 Å². The average Bonchev–Trinajstić information content (AvgIpc) is 2.91. The zero-order valence-electron chi connectivity index (χ0n) is 15.8. The highest BCUT2D eigenvalue weighted by atomic mass is 16.1. The van der Waals surface area contributed by atoms with Crippen molar-refractivity contribution < 1.29 is 4.79 Å². The largest absolute Gasteiger partial charge is 0.354 e. The molecule has 0 saturated heterocycles. The monoisotopic (exact) mass is 351 g/mol. The van der Waals surface area contributed by atoms with Crippen molar-refractivity contribution in [2.24, 2.45) is 0 Å². The maximum atomic E-state index is 12.6. The molecule has 2 aromatic rings. The van der Waals surface area contributed by atoms with E-state index in [-0.39, 0.29) is 5.91 Å². The van der Waals surface area contributed by atoms with Gasteiger partial charge in [-0.1, -0.05) is 51.7 Å². The molecule has 2 N–H and O–H groups in total. The SMILES string of the molecule is CC(C)c1ccc(Nc2cncc(C(=O)NC3CCCCCC3)c2)cc1. The summed E-state index contributed by atoms with van der Waals surface area (Å²) in [7, 11) is 0. The third kappa shape index (κ3) is 5.07. The molecular weight excluding hydrogens is 322 g/mol.